The number of H-pyrrole nitrogens is 1. The first-order valence-corrected chi connectivity index (χ1v) is 9.70. The summed E-state index contributed by atoms with van der Waals surface area (Å²) in [5.74, 6) is 1.10. The first kappa shape index (κ1) is 16.5. The smallest absolute Gasteiger partial charge is 0.398 e. The largest absolute Gasteiger partial charge is 0.416 e. The number of hydrogen-bond donors (Lipinski definition) is 1. The van der Waals surface area contributed by atoms with Gasteiger partial charge < -0.3 is 9.64 Å². The van der Waals surface area contributed by atoms with Crippen LogP contribution in [0.5, 0.6) is 0 Å². The van der Waals surface area contributed by atoms with E-state index in [1.165, 1.54) is 18.3 Å². The van der Waals surface area contributed by atoms with Crippen molar-refractivity contribution in [3.63, 3.8) is 0 Å². The number of nitrogens with one attached hydrogen (secondary N) is 1. The van der Waals surface area contributed by atoms with E-state index < -0.39 is 0 Å². The summed E-state index contributed by atoms with van der Waals surface area (Å²) >= 11 is 1.90. The minimum atomic E-state index is -0.138. The van der Waals surface area contributed by atoms with E-state index in [1.807, 2.05) is 11.6 Å². The first-order chi connectivity index (χ1) is 11.3. The Balaban J connectivity index is 1.64. The van der Waals surface area contributed by atoms with Crippen molar-refractivity contribution < 1.29 is 4.65 Å². The fourth-order valence-electron chi connectivity index (χ4n) is 3.58. The highest BCUT2D eigenvalue weighted by atomic mass is 32.2. The summed E-state index contributed by atoms with van der Waals surface area (Å²) in [7, 11) is 2.18. The van der Waals surface area contributed by atoms with Crippen LogP contribution in [-0.4, -0.2) is 45.0 Å². The number of rotatable bonds is 2. The Bertz CT molecular complexity index is 757. The number of hydrogen-bond acceptors (Lipinski definition) is 4. The standard InChI is InChI=1S/C18H26BN3OS/c1-17(2)18(3,4)24-19(23-17)12-8-9-13-14(11-12)21-16(20-13)15-7-6-10-22(15)5/h8-9,11,15H,6-7,10H2,1-5H3,(H,20,21). The molecule has 4 rings (SSSR count). The summed E-state index contributed by atoms with van der Waals surface area (Å²) in [6.45, 7) is 10.0. The maximum absolute atomic E-state index is 6.34. The van der Waals surface area contributed by atoms with Crippen LogP contribution in [-0.2, 0) is 4.65 Å². The predicted octanol–water partition coefficient (Wildman–Crippen LogP) is 3.35. The molecule has 1 N–H and O–H groups in total. The molecule has 2 aliphatic heterocycles. The minimum absolute atomic E-state index is 0.0775. The monoisotopic (exact) mass is 343 g/mol. The molecular weight excluding hydrogens is 317 g/mol. The van der Waals surface area contributed by atoms with E-state index in [4.69, 9.17) is 9.64 Å². The van der Waals surface area contributed by atoms with Crippen LogP contribution >= 0.6 is 11.6 Å². The Labute approximate surface area is 148 Å². The van der Waals surface area contributed by atoms with Crippen LogP contribution in [0.15, 0.2) is 18.2 Å². The summed E-state index contributed by atoms with van der Waals surface area (Å²) in [5.41, 5.74) is 3.25. The molecule has 0 spiro atoms. The molecule has 4 nitrogen and oxygen atoms in total. The van der Waals surface area contributed by atoms with E-state index in [9.17, 15) is 0 Å². The van der Waals surface area contributed by atoms with Crippen LogP contribution in [0, 0.1) is 0 Å². The normalized spacial score (nSPS) is 26.5. The lowest BCUT2D eigenvalue weighted by atomic mass is 9.83. The first-order valence-electron chi connectivity index (χ1n) is 8.82. The maximum atomic E-state index is 6.34. The van der Waals surface area contributed by atoms with Gasteiger partial charge in [0.1, 0.15) is 5.82 Å². The molecule has 0 saturated carbocycles. The molecule has 1 unspecified atom stereocenters. The van der Waals surface area contributed by atoms with Crippen molar-refractivity contribution in [2.45, 2.75) is 56.9 Å². The van der Waals surface area contributed by atoms with Gasteiger partial charge >= 0.3 is 6.19 Å². The van der Waals surface area contributed by atoms with Crippen molar-refractivity contribution in [3.8, 4) is 0 Å². The number of nitrogens with zero attached hydrogens (tertiary/aromatic N) is 2. The van der Waals surface area contributed by atoms with Crippen LogP contribution in [0.4, 0.5) is 0 Å². The van der Waals surface area contributed by atoms with E-state index in [0.717, 1.165) is 23.4 Å². The van der Waals surface area contributed by atoms with Gasteiger partial charge in [-0.25, -0.2) is 4.98 Å². The SMILES string of the molecule is CN1CCCC1c1nc2cc(B3OC(C)(C)C(C)(C)S3)ccc2[nH]1. The summed E-state index contributed by atoms with van der Waals surface area (Å²) in [4.78, 5) is 10.8. The van der Waals surface area contributed by atoms with Crippen LogP contribution in [0.2, 0.25) is 0 Å². The summed E-state index contributed by atoms with van der Waals surface area (Å²) in [6.07, 6.45) is 2.52. The molecule has 2 saturated heterocycles. The highest BCUT2D eigenvalue weighted by molar-refractivity contribution is 8.27. The Morgan fingerprint density at radius 2 is 2.12 bits per heavy atom. The molecule has 1 aromatic heterocycles. The van der Waals surface area contributed by atoms with Crippen molar-refractivity contribution in [1.82, 2.24) is 14.9 Å². The lowest BCUT2D eigenvalue weighted by Crippen LogP contribution is -2.39. The molecule has 2 aromatic rings. The van der Waals surface area contributed by atoms with Gasteiger partial charge in [0.15, 0.2) is 0 Å². The second kappa shape index (κ2) is 5.51. The number of likely N-dealkylation sites (tertiary alicyclic amines) is 1. The van der Waals surface area contributed by atoms with E-state index in [2.05, 4.69) is 62.8 Å². The quantitative estimate of drug-likeness (QED) is 0.849. The maximum Gasteiger partial charge on any atom is 0.398 e. The number of aromatic nitrogens is 2. The lowest BCUT2D eigenvalue weighted by molar-refractivity contribution is 0.0938. The van der Waals surface area contributed by atoms with Gasteiger partial charge in [-0.1, -0.05) is 6.07 Å². The summed E-state index contributed by atoms with van der Waals surface area (Å²) < 4.78 is 6.43. The Morgan fingerprint density at radius 3 is 2.75 bits per heavy atom. The second-order valence-electron chi connectivity index (χ2n) is 8.13. The zero-order valence-corrected chi connectivity index (χ0v) is 16.0. The van der Waals surface area contributed by atoms with Gasteiger partial charge in [0, 0.05) is 4.75 Å². The number of benzene rings is 1. The molecule has 128 valence electrons. The fourth-order valence-corrected chi connectivity index (χ4v) is 5.02. The highest BCUT2D eigenvalue weighted by Crippen LogP contribution is 2.46. The molecule has 3 heterocycles. The average Bonchev–Trinajstić information content (AvgIpc) is 3.14. The van der Waals surface area contributed by atoms with Gasteiger partial charge in [-0.2, -0.15) is 11.6 Å². The Morgan fingerprint density at radius 1 is 1.33 bits per heavy atom. The van der Waals surface area contributed by atoms with Gasteiger partial charge in [-0.05, 0) is 71.7 Å². The predicted molar refractivity (Wildman–Crippen MR) is 103 cm³/mol. The van der Waals surface area contributed by atoms with Gasteiger partial charge in [0.25, 0.3) is 0 Å². The zero-order chi connectivity index (χ0) is 17.1. The molecule has 0 aliphatic carbocycles. The number of fused-ring (bicyclic) bond motifs is 1. The third-order valence-electron chi connectivity index (χ3n) is 5.89. The third kappa shape index (κ3) is 2.59. The average molecular weight is 343 g/mol. The molecule has 6 heteroatoms. The molecule has 0 bridgehead atoms. The van der Waals surface area contributed by atoms with Crippen LogP contribution < -0.4 is 5.46 Å². The number of imidazole rings is 1. The zero-order valence-electron chi connectivity index (χ0n) is 15.2. The molecule has 1 aromatic carbocycles. The van der Waals surface area contributed by atoms with Gasteiger partial charge in [-0.3, -0.25) is 4.90 Å². The topological polar surface area (TPSA) is 41.2 Å². The molecule has 2 fully saturated rings. The van der Waals surface area contributed by atoms with Crippen molar-refractivity contribution in [3.05, 3.63) is 24.0 Å². The third-order valence-corrected chi connectivity index (χ3v) is 7.55. The van der Waals surface area contributed by atoms with Crippen molar-refractivity contribution in [1.29, 1.82) is 0 Å². The van der Waals surface area contributed by atoms with Gasteiger partial charge in [0.2, 0.25) is 0 Å². The van der Waals surface area contributed by atoms with Crippen molar-refractivity contribution >= 4 is 34.3 Å². The van der Waals surface area contributed by atoms with Gasteiger partial charge in [-0.15, -0.1) is 0 Å². The van der Waals surface area contributed by atoms with Gasteiger partial charge in [0.05, 0.1) is 22.7 Å². The fraction of sp³-hybridized carbons (Fsp3) is 0.611. The molecule has 0 amide bonds. The van der Waals surface area contributed by atoms with Crippen LogP contribution in [0.1, 0.15) is 52.4 Å². The summed E-state index contributed by atoms with van der Waals surface area (Å²) in [6, 6.07) is 6.95. The van der Waals surface area contributed by atoms with E-state index in [1.54, 1.807) is 0 Å². The highest BCUT2D eigenvalue weighted by Gasteiger charge is 2.50. The Kier molecular flexibility index (Phi) is 3.79. The molecule has 0 radical (unpaired) electrons. The second-order valence-corrected chi connectivity index (χ2v) is 9.81. The van der Waals surface area contributed by atoms with E-state index in [-0.39, 0.29) is 16.5 Å². The molecular formula is C18H26BN3OS. The van der Waals surface area contributed by atoms with E-state index >= 15 is 0 Å². The molecule has 24 heavy (non-hydrogen) atoms. The Hall–Kier alpha value is -0.975. The lowest BCUT2D eigenvalue weighted by Gasteiger charge is -2.32. The van der Waals surface area contributed by atoms with Crippen molar-refractivity contribution in [2.75, 3.05) is 13.6 Å². The van der Waals surface area contributed by atoms with Crippen LogP contribution in [0.25, 0.3) is 11.0 Å². The molecule has 2 aliphatic rings. The van der Waals surface area contributed by atoms with E-state index in [0.29, 0.717) is 6.04 Å². The summed E-state index contributed by atoms with van der Waals surface area (Å²) in [5, 5.41) is 0. The van der Waals surface area contributed by atoms with Crippen molar-refractivity contribution in [2.24, 2.45) is 0 Å². The molecule has 1 atom stereocenters. The van der Waals surface area contributed by atoms with Crippen LogP contribution in [0.3, 0.4) is 0 Å². The number of aromatic amines is 1. The minimum Gasteiger partial charge on any atom is -0.416 e.